The van der Waals surface area contributed by atoms with Crippen molar-refractivity contribution in [2.24, 2.45) is 0 Å². The van der Waals surface area contributed by atoms with E-state index in [2.05, 4.69) is 17.0 Å². The Morgan fingerprint density at radius 1 is 1.24 bits per heavy atom. The molecule has 0 amide bonds. The molecule has 3 nitrogen and oxygen atoms in total. The van der Waals surface area contributed by atoms with E-state index < -0.39 is 5.82 Å². The zero-order valence-corrected chi connectivity index (χ0v) is 11.8. The van der Waals surface area contributed by atoms with Crippen LogP contribution in [-0.2, 0) is 19.6 Å². The summed E-state index contributed by atoms with van der Waals surface area (Å²) < 4.78 is 13.6. The highest BCUT2D eigenvalue weighted by molar-refractivity contribution is 5.97. The van der Waals surface area contributed by atoms with Crippen LogP contribution in [0.25, 0.3) is 0 Å². The van der Waals surface area contributed by atoms with E-state index in [1.165, 1.54) is 24.1 Å². The van der Waals surface area contributed by atoms with E-state index in [4.69, 9.17) is 0 Å². The lowest BCUT2D eigenvalue weighted by atomic mass is 10.0. The highest BCUT2D eigenvalue weighted by Crippen LogP contribution is 2.29. The quantitative estimate of drug-likeness (QED) is 0.880. The van der Waals surface area contributed by atoms with Gasteiger partial charge in [-0.05, 0) is 30.2 Å². The summed E-state index contributed by atoms with van der Waals surface area (Å²) in [6.07, 6.45) is 0. The van der Waals surface area contributed by atoms with Crippen LogP contribution in [0.3, 0.4) is 0 Å². The summed E-state index contributed by atoms with van der Waals surface area (Å²) in [4.78, 5) is 13.6. The Morgan fingerprint density at radius 3 is 2.43 bits per heavy atom. The van der Waals surface area contributed by atoms with E-state index in [9.17, 15) is 14.3 Å². The maximum Gasteiger partial charge on any atom is 0.163 e. The smallest absolute Gasteiger partial charge is 0.163 e. The molecule has 1 N–H and O–H groups in total. The summed E-state index contributed by atoms with van der Waals surface area (Å²) in [7, 11) is 0. The van der Waals surface area contributed by atoms with Gasteiger partial charge in [-0.2, -0.15) is 0 Å². The van der Waals surface area contributed by atoms with Gasteiger partial charge in [0.15, 0.2) is 5.78 Å². The van der Waals surface area contributed by atoms with E-state index in [0.29, 0.717) is 12.1 Å². The SMILES string of the molecule is CC(=O)c1cc(F)cc(CN2Cc3ccccc3C2)c1O. The topological polar surface area (TPSA) is 40.5 Å². The Balaban J connectivity index is 1.85. The van der Waals surface area contributed by atoms with Crippen molar-refractivity contribution in [1.29, 1.82) is 0 Å². The maximum atomic E-state index is 13.6. The minimum absolute atomic E-state index is 0.0433. The number of phenolic OH excluding ortho intramolecular Hbond substituents is 1. The number of hydrogen-bond donors (Lipinski definition) is 1. The number of fused-ring (bicyclic) bond motifs is 1. The Morgan fingerprint density at radius 2 is 1.86 bits per heavy atom. The number of hydrogen-bond acceptors (Lipinski definition) is 3. The number of carbonyl (C=O) groups is 1. The minimum Gasteiger partial charge on any atom is -0.507 e. The Kier molecular flexibility index (Phi) is 3.47. The highest BCUT2D eigenvalue weighted by Gasteiger charge is 2.21. The molecule has 2 aromatic rings. The lowest BCUT2D eigenvalue weighted by molar-refractivity contribution is 0.101. The third-order valence-corrected chi connectivity index (χ3v) is 3.83. The van der Waals surface area contributed by atoms with Crippen molar-refractivity contribution in [3.8, 4) is 5.75 Å². The summed E-state index contributed by atoms with van der Waals surface area (Å²) in [6, 6.07) is 10.5. The number of nitrogens with zero attached hydrogens (tertiary/aromatic N) is 1. The van der Waals surface area contributed by atoms with Crippen LogP contribution in [-0.4, -0.2) is 15.8 Å². The van der Waals surface area contributed by atoms with Gasteiger partial charge in [-0.3, -0.25) is 9.69 Å². The molecule has 2 aromatic carbocycles. The monoisotopic (exact) mass is 285 g/mol. The number of phenols is 1. The number of ketones is 1. The molecule has 0 unspecified atom stereocenters. The molecule has 1 heterocycles. The molecule has 0 aromatic heterocycles. The van der Waals surface area contributed by atoms with Crippen LogP contribution in [0.2, 0.25) is 0 Å². The maximum absolute atomic E-state index is 13.6. The first kappa shape index (κ1) is 13.8. The fourth-order valence-electron chi connectivity index (χ4n) is 2.80. The molecule has 0 bridgehead atoms. The Bertz CT molecular complexity index is 687. The molecule has 4 heteroatoms. The van der Waals surface area contributed by atoms with Crippen LogP contribution in [0.4, 0.5) is 4.39 Å². The third kappa shape index (κ3) is 2.67. The lowest BCUT2D eigenvalue weighted by Gasteiger charge is -2.17. The van der Waals surface area contributed by atoms with E-state index in [0.717, 1.165) is 19.2 Å². The molecule has 3 rings (SSSR count). The second-order valence-corrected chi connectivity index (χ2v) is 5.43. The number of Topliss-reactive ketones (excluding diaryl/α,β-unsaturated/α-hetero) is 1. The van der Waals surface area contributed by atoms with Gasteiger partial charge in [0, 0.05) is 25.2 Å². The standard InChI is InChI=1S/C17H16FNO2/c1-11(20)16-7-15(18)6-14(17(16)21)10-19-8-12-4-2-3-5-13(12)9-19/h2-7,21H,8-10H2,1H3. The number of halogens is 1. The van der Waals surface area contributed by atoms with Crippen molar-refractivity contribution in [3.05, 3.63) is 64.5 Å². The summed E-state index contributed by atoms with van der Waals surface area (Å²) in [5, 5.41) is 10.1. The second-order valence-electron chi connectivity index (χ2n) is 5.43. The van der Waals surface area contributed by atoms with Crippen molar-refractivity contribution >= 4 is 5.78 Å². The molecule has 0 aliphatic carbocycles. The van der Waals surface area contributed by atoms with E-state index >= 15 is 0 Å². The van der Waals surface area contributed by atoms with E-state index in [1.54, 1.807) is 0 Å². The predicted octanol–water partition coefficient (Wildman–Crippen LogP) is 3.25. The minimum atomic E-state index is -0.496. The molecule has 0 saturated carbocycles. The molecule has 0 fully saturated rings. The van der Waals surface area contributed by atoms with Gasteiger partial charge in [0.2, 0.25) is 0 Å². The molecule has 1 aliphatic heterocycles. The van der Waals surface area contributed by atoms with Gasteiger partial charge in [0.1, 0.15) is 11.6 Å². The van der Waals surface area contributed by atoms with Gasteiger partial charge in [-0.25, -0.2) is 4.39 Å². The molecule has 1 aliphatic rings. The molecular weight excluding hydrogens is 269 g/mol. The molecule has 21 heavy (non-hydrogen) atoms. The van der Waals surface area contributed by atoms with Crippen LogP contribution in [0.5, 0.6) is 5.75 Å². The molecule has 0 atom stereocenters. The fraction of sp³-hybridized carbons (Fsp3) is 0.235. The molecule has 108 valence electrons. The first-order valence-electron chi connectivity index (χ1n) is 6.86. The van der Waals surface area contributed by atoms with Crippen molar-refractivity contribution in [1.82, 2.24) is 4.90 Å². The molecule has 0 spiro atoms. The second kappa shape index (κ2) is 5.30. The van der Waals surface area contributed by atoms with E-state index in [1.807, 2.05) is 12.1 Å². The van der Waals surface area contributed by atoms with Gasteiger partial charge in [-0.1, -0.05) is 24.3 Å². The number of carbonyl (C=O) groups excluding carboxylic acids is 1. The van der Waals surface area contributed by atoms with Crippen LogP contribution in [0.1, 0.15) is 34.0 Å². The predicted molar refractivity (Wildman–Crippen MR) is 77.5 cm³/mol. The highest BCUT2D eigenvalue weighted by atomic mass is 19.1. The molecule has 0 radical (unpaired) electrons. The van der Waals surface area contributed by atoms with Gasteiger partial charge < -0.3 is 5.11 Å². The van der Waals surface area contributed by atoms with Gasteiger partial charge in [-0.15, -0.1) is 0 Å². The Hall–Kier alpha value is -2.20. The molecule has 0 saturated heterocycles. The first-order chi connectivity index (χ1) is 10.0. The number of rotatable bonds is 3. The molecular formula is C17H16FNO2. The summed E-state index contributed by atoms with van der Waals surface area (Å²) in [5.41, 5.74) is 3.00. The third-order valence-electron chi connectivity index (χ3n) is 3.83. The lowest BCUT2D eigenvalue weighted by Crippen LogP contribution is -2.16. The van der Waals surface area contributed by atoms with E-state index in [-0.39, 0.29) is 17.1 Å². The van der Waals surface area contributed by atoms with Crippen molar-refractivity contribution in [2.45, 2.75) is 26.6 Å². The summed E-state index contributed by atoms with van der Waals surface area (Å²) in [5.74, 6) is -0.942. The van der Waals surface area contributed by atoms with Crippen molar-refractivity contribution < 1.29 is 14.3 Å². The van der Waals surface area contributed by atoms with Crippen LogP contribution in [0.15, 0.2) is 36.4 Å². The van der Waals surface area contributed by atoms with Crippen LogP contribution >= 0.6 is 0 Å². The van der Waals surface area contributed by atoms with Crippen molar-refractivity contribution in [2.75, 3.05) is 0 Å². The van der Waals surface area contributed by atoms with Crippen molar-refractivity contribution in [3.63, 3.8) is 0 Å². The fourth-order valence-corrected chi connectivity index (χ4v) is 2.80. The number of benzene rings is 2. The largest absolute Gasteiger partial charge is 0.507 e. The normalized spacial score (nSPS) is 14.2. The van der Waals surface area contributed by atoms with Gasteiger partial charge >= 0.3 is 0 Å². The first-order valence-corrected chi connectivity index (χ1v) is 6.86. The van der Waals surface area contributed by atoms with Crippen LogP contribution in [0, 0.1) is 5.82 Å². The Labute approximate surface area is 122 Å². The average Bonchev–Trinajstić information content (AvgIpc) is 2.84. The zero-order chi connectivity index (χ0) is 15.0. The zero-order valence-electron chi connectivity index (χ0n) is 11.8. The van der Waals surface area contributed by atoms with Crippen LogP contribution < -0.4 is 0 Å². The van der Waals surface area contributed by atoms with Gasteiger partial charge in [0.05, 0.1) is 5.56 Å². The van der Waals surface area contributed by atoms with Gasteiger partial charge in [0.25, 0.3) is 0 Å². The average molecular weight is 285 g/mol. The number of aromatic hydroxyl groups is 1. The summed E-state index contributed by atoms with van der Waals surface area (Å²) >= 11 is 0. The summed E-state index contributed by atoms with van der Waals surface area (Å²) in [6.45, 7) is 3.27.